The number of benzene rings is 1. The first-order valence-electron chi connectivity index (χ1n) is 3.75. The number of rotatable bonds is 1. The molecule has 0 aliphatic carbocycles. The highest BCUT2D eigenvalue weighted by atomic mass is 79.9. The minimum atomic E-state index is 0.113. The first-order valence-corrected chi connectivity index (χ1v) is 5.30. The van der Waals surface area contributed by atoms with Crippen molar-refractivity contribution in [3.63, 3.8) is 0 Å². The zero-order chi connectivity index (χ0) is 10.1. The zero-order valence-corrected chi connectivity index (χ0v) is 9.90. The van der Waals surface area contributed by atoms with E-state index in [0.29, 0.717) is 10.7 Å². The van der Waals surface area contributed by atoms with E-state index < -0.39 is 0 Å². The Morgan fingerprint density at radius 3 is 2.64 bits per heavy atom. The summed E-state index contributed by atoms with van der Waals surface area (Å²) < 4.78 is 5.71. The molecule has 0 radical (unpaired) electrons. The van der Waals surface area contributed by atoms with Gasteiger partial charge in [-0.2, -0.15) is 0 Å². The third-order valence-corrected chi connectivity index (χ3v) is 2.89. The summed E-state index contributed by atoms with van der Waals surface area (Å²) in [6.07, 6.45) is 0. The van der Waals surface area contributed by atoms with E-state index in [1.54, 1.807) is 0 Å². The molecule has 0 fully saturated rings. The van der Waals surface area contributed by atoms with Crippen LogP contribution >= 0.6 is 39.1 Å². The van der Waals surface area contributed by atoms with Gasteiger partial charge < -0.3 is 4.52 Å². The van der Waals surface area contributed by atoms with Crippen molar-refractivity contribution in [3.8, 4) is 11.3 Å². The third-order valence-electron chi connectivity index (χ3n) is 1.70. The second kappa shape index (κ2) is 3.93. The van der Waals surface area contributed by atoms with Crippen LogP contribution in [-0.4, -0.2) is 5.16 Å². The Hall–Kier alpha value is -0.510. The van der Waals surface area contributed by atoms with Crippen LogP contribution in [0.4, 0.5) is 0 Å². The van der Waals surface area contributed by atoms with E-state index in [2.05, 4.69) is 21.1 Å². The maximum Gasteiger partial charge on any atom is 0.245 e. The fourth-order valence-corrected chi connectivity index (χ4v) is 1.78. The Kier molecular flexibility index (Phi) is 2.81. The van der Waals surface area contributed by atoms with Gasteiger partial charge >= 0.3 is 0 Å². The van der Waals surface area contributed by atoms with Crippen LogP contribution in [0.3, 0.4) is 0 Å². The molecule has 0 bridgehead atoms. The van der Waals surface area contributed by atoms with Crippen LogP contribution in [0.15, 0.2) is 33.3 Å². The molecule has 0 saturated heterocycles. The van der Waals surface area contributed by atoms with Crippen LogP contribution in [0.25, 0.3) is 11.3 Å². The fraction of sp³-hybridized carbons (Fsp3) is 0. The van der Waals surface area contributed by atoms with Crippen LogP contribution in [-0.2, 0) is 0 Å². The Balaban J connectivity index is 2.55. The van der Waals surface area contributed by atoms with Gasteiger partial charge in [0.25, 0.3) is 0 Å². The SMILES string of the molecule is Clc1onc(-c2cccc(Br)c2)c1Cl. The van der Waals surface area contributed by atoms with Crippen molar-refractivity contribution in [1.82, 2.24) is 5.16 Å². The van der Waals surface area contributed by atoms with Gasteiger partial charge in [0.2, 0.25) is 5.22 Å². The topological polar surface area (TPSA) is 26.0 Å². The predicted octanol–water partition coefficient (Wildman–Crippen LogP) is 4.41. The first kappa shape index (κ1) is 10.0. The van der Waals surface area contributed by atoms with E-state index in [4.69, 9.17) is 27.7 Å². The lowest BCUT2D eigenvalue weighted by Gasteiger charge is -1.96. The van der Waals surface area contributed by atoms with Crippen molar-refractivity contribution in [3.05, 3.63) is 39.0 Å². The lowest BCUT2D eigenvalue weighted by atomic mass is 10.2. The highest BCUT2D eigenvalue weighted by Crippen LogP contribution is 2.33. The van der Waals surface area contributed by atoms with Gasteiger partial charge in [-0.25, -0.2) is 0 Å². The standard InChI is InChI=1S/C9H4BrCl2NO/c10-6-3-1-2-5(4-6)8-7(11)9(12)14-13-8/h1-4H. The molecule has 0 amide bonds. The minimum Gasteiger partial charge on any atom is -0.342 e. The number of hydrogen-bond acceptors (Lipinski definition) is 2. The summed E-state index contributed by atoms with van der Waals surface area (Å²) in [5, 5.41) is 4.22. The predicted molar refractivity (Wildman–Crippen MR) is 59.7 cm³/mol. The molecule has 0 aliphatic heterocycles. The number of halogens is 3. The molecule has 0 atom stereocenters. The van der Waals surface area contributed by atoms with Gasteiger partial charge in [-0.15, -0.1) is 0 Å². The smallest absolute Gasteiger partial charge is 0.245 e. The summed E-state index contributed by atoms with van der Waals surface area (Å²) in [5.41, 5.74) is 1.41. The molecule has 0 saturated carbocycles. The Bertz CT molecular complexity index is 470. The molecule has 5 heteroatoms. The van der Waals surface area contributed by atoms with E-state index in [0.717, 1.165) is 10.0 Å². The third kappa shape index (κ3) is 1.80. The summed E-state index contributed by atoms with van der Waals surface area (Å²) in [7, 11) is 0. The largest absolute Gasteiger partial charge is 0.342 e. The molecular weight excluding hydrogens is 289 g/mol. The molecule has 0 aliphatic rings. The molecule has 0 N–H and O–H groups in total. The monoisotopic (exact) mass is 291 g/mol. The van der Waals surface area contributed by atoms with Crippen molar-refractivity contribution >= 4 is 39.1 Å². The highest BCUT2D eigenvalue weighted by molar-refractivity contribution is 9.10. The van der Waals surface area contributed by atoms with Crippen LogP contribution in [0.2, 0.25) is 10.2 Å². The van der Waals surface area contributed by atoms with Crippen molar-refractivity contribution < 1.29 is 4.52 Å². The van der Waals surface area contributed by atoms with Crippen LogP contribution in [0.1, 0.15) is 0 Å². The summed E-state index contributed by atoms with van der Waals surface area (Å²) >= 11 is 14.9. The van der Waals surface area contributed by atoms with Crippen molar-refractivity contribution in [2.45, 2.75) is 0 Å². The maximum absolute atomic E-state index is 5.89. The molecule has 72 valence electrons. The van der Waals surface area contributed by atoms with E-state index >= 15 is 0 Å². The zero-order valence-electron chi connectivity index (χ0n) is 6.80. The van der Waals surface area contributed by atoms with Gasteiger partial charge in [-0.3, -0.25) is 0 Å². The lowest BCUT2D eigenvalue weighted by Crippen LogP contribution is -1.77. The summed E-state index contributed by atoms with van der Waals surface area (Å²) in [4.78, 5) is 0. The van der Waals surface area contributed by atoms with E-state index in [1.165, 1.54) is 0 Å². The highest BCUT2D eigenvalue weighted by Gasteiger charge is 2.13. The molecule has 2 aromatic rings. The number of aromatic nitrogens is 1. The van der Waals surface area contributed by atoms with Crippen molar-refractivity contribution in [2.75, 3.05) is 0 Å². The Labute approximate surface area is 98.9 Å². The van der Waals surface area contributed by atoms with Gasteiger partial charge in [0, 0.05) is 10.0 Å². The van der Waals surface area contributed by atoms with Gasteiger partial charge in [0.1, 0.15) is 10.7 Å². The Morgan fingerprint density at radius 2 is 2.07 bits per heavy atom. The second-order valence-electron chi connectivity index (χ2n) is 2.63. The molecule has 1 heterocycles. The van der Waals surface area contributed by atoms with Crippen molar-refractivity contribution in [2.24, 2.45) is 0 Å². The van der Waals surface area contributed by atoms with Gasteiger partial charge in [-0.1, -0.05) is 44.8 Å². The van der Waals surface area contributed by atoms with E-state index in [-0.39, 0.29) is 5.22 Å². The van der Waals surface area contributed by atoms with Crippen LogP contribution < -0.4 is 0 Å². The average molecular weight is 293 g/mol. The minimum absolute atomic E-state index is 0.113. The van der Waals surface area contributed by atoms with E-state index in [1.807, 2.05) is 24.3 Å². The van der Waals surface area contributed by atoms with Crippen molar-refractivity contribution in [1.29, 1.82) is 0 Å². The molecule has 0 spiro atoms. The molecule has 2 rings (SSSR count). The number of hydrogen-bond donors (Lipinski definition) is 0. The first-order chi connectivity index (χ1) is 6.68. The van der Waals surface area contributed by atoms with Gasteiger partial charge in [-0.05, 0) is 23.7 Å². The molecule has 2 nitrogen and oxygen atoms in total. The maximum atomic E-state index is 5.89. The summed E-state index contributed by atoms with van der Waals surface area (Å²) in [5.74, 6) is 0. The van der Waals surface area contributed by atoms with Crippen LogP contribution in [0, 0.1) is 0 Å². The molecular formula is C9H4BrCl2NO. The molecule has 14 heavy (non-hydrogen) atoms. The average Bonchev–Trinajstić information content (AvgIpc) is 2.48. The lowest BCUT2D eigenvalue weighted by molar-refractivity contribution is 0.424. The quantitative estimate of drug-likeness (QED) is 0.778. The normalized spacial score (nSPS) is 10.5. The summed E-state index contributed by atoms with van der Waals surface area (Å²) in [6, 6.07) is 7.57. The summed E-state index contributed by atoms with van der Waals surface area (Å²) in [6.45, 7) is 0. The second-order valence-corrected chi connectivity index (χ2v) is 4.27. The van der Waals surface area contributed by atoms with Gasteiger partial charge in [0.15, 0.2) is 0 Å². The fourth-order valence-electron chi connectivity index (χ4n) is 1.07. The molecule has 1 aromatic carbocycles. The van der Waals surface area contributed by atoms with E-state index in [9.17, 15) is 0 Å². The Morgan fingerprint density at radius 1 is 1.29 bits per heavy atom. The molecule has 0 unspecified atom stereocenters. The van der Waals surface area contributed by atoms with Gasteiger partial charge in [0.05, 0.1) is 0 Å². The van der Waals surface area contributed by atoms with Crippen LogP contribution in [0.5, 0.6) is 0 Å². The number of nitrogens with zero attached hydrogens (tertiary/aromatic N) is 1. The molecule has 1 aromatic heterocycles.